The number of hydrogen-bond donors (Lipinski definition) is 0. The highest BCUT2D eigenvalue weighted by molar-refractivity contribution is 5.75. The normalized spacial score (nSPS) is 18.8. The maximum Gasteiger partial charge on any atom is 0.309 e. The lowest BCUT2D eigenvalue weighted by atomic mass is 9.82. The van der Waals surface area contributed by atoms with Gasteiger partial charge in [0.2, 0.25) is 12.5 Å². The number of esters is 1. The molecule has 3 atom stereocenters. The van der Waals surface area contributed by atoms with E-state index >= 15 is 0 Å². The van der Waals surface area contributed by atoms with Gasteiger partial charge in [-0.2, -0.15) is 0 Å². The standard InChI is InChI=1S/C29H30O8/c1-31-25-13-20(14-26(32-2)28(25)33-3)27(34-15-18-7-5-4-6-8-18)22-16-35-29(30)21(22)11-19-9-10-23-24(12-19)37-17-36-23/h4-10,12-14,21-22,27H,11,15-17H2,1-3H3/t21?,22-,27-/m1/s1. The topological polar surface area (TPSA) is 81.7 Å². The quantitative estimate of drug-likeness (QED) is 0.365. The number of methoxy groups -OCH3 is 3. The molecule has 37 heavy (non-hydrogen) atoms. The summed E-state index contributed by atoms with van der Waals surface area (Å²) >= 11 is 0. The molecule has 3 aromatic rings. The Kier molecular flexibility index (Phi) is 7.37. The highest BCUT2D eigenvalue weighted by Crippen LogP contribution is 2.45. The number of cyclic esters (lactones) is 1. The summed E-state index contributed by atoms with van der Waals surface area (Å²) in [5, 5.41) is 0. The molecule has 5 rings (SSSR count). The molecule has 0 bridgehead atoms. The molecule has 0 aliphatic carbocycles. The van der Waals surface area contributed by atoms with Gasteiger partial charge in [0.15, 0.2) is 23.0 Å². The van der Waals surface area contributed by atoms with Crippen LogP contribution in [0.25, 0.3) is 0 Å². The highest BCUT2D eigenvalue weighted by Gasteiger charge is 2.43. The summed E-state index contributed by atoms with van der Waals surface area (Å²) in [6.07, 6.45) is 0.00910. The number of benzene rings is 3. The van der Waals surface area contributed by atoms with Crippen molar-refractivity contribution in [1.82, 2.24) is 0 Å². The predicted molar refractivity (Wildman–Crippen MR) is 134 cm³/mol. The van der Waals surface area contributed by atoms with Crippen molar-refractivity contribution in [2.45, 2.75) is 19.1 Å². The molecule has 0 saturated carbocycles. The van der Waals surface area contributed by atoms with Gasteiger partial charge >= 0.3 is 5.97 Å². The first-order chi connectivity index (χ1) is 18.1. The summed E-state index contributed by atoms with van der Waals surface area (Å²) in [5.74, 6) is 2.00. The second-order valence-corrected chi connectivity index (χ2v) is 8.97. The number of hydrogen-bond acceptors (Lipinski definition) is 8. The Morgan fingerprint density at radius 2 is 1.57 bits per heavy atom. The monoisotopic (exact) mass is 506 g/mol. The van der Waals surface area contributed by atoms with Gasteiger partial charge in [-0.1, -0.05) is 36.4 Å². The summed E-state index contributed by atoms with van der Waals surface area (Å²) < 4.78 is 39.8. The molecule has 8 nitrogen and oxygen atoms in total. The van der Waals surface area contributed by atoms with Gasteiger partial charge in [0, 0.05) is 5.92 Å². The van der Waals surface area contributed by atoms with Crippen LogP contribution in [0.15, 0.2) is 60.7 Å². The first-order valence-electron chi connectivity index (χ1n) is 12.1. The fourth-order valence-corrected chi connectivity index (χ4v) is 4.92. The van der Waals surface area contributed by atoms with Crippen molar-refractivity contribution in [2.24, 2.45) is 11.8 Å². The zero-order valence-electron chi connectivity index (χ0n) is 21.1. The Morgan fingerprint density at radius 1 is 0.838 bits per heavy atom. The molecule has 8 heteroatoms. The fraction of sp³-hybridized carbons (Fsp3) is 0.345. The minimum absolute atomic E-state index is 0.198. The zero-order chi connectivity index (χ0) is 25.8. The SMILES string of the molecule is COc1cc([C@@H](OCc2ccccc2)[C@@H]2COC(=O)C2Cc2ccc3c(c2)OCO3)cc(OC)c1OC. The summed E-state index contributed by atoms with van der Waals surface area (Å²) in [5.41, 5.74) is 2.80. The van der Waals surface area contributed by atoms with Crippen LogP contribution in [-0.2, 0) is 27.3 Å². The molecule has 3 aromatic carbocycles. The molecule has 194 valence electrons. The Labute approximate surface area is 216 Å². The zero-order valence-corrected chi connectivity index (χ0v) is 21.1. The maximum atomic E-state index is 13.0. The number of carbonyl (C=O) groups is 1. The molecule has 0 spiro atoms. The van der Waals surface area contributed by atoms with Crippen LogP contribution in [0.1, 0.15) is 22.8 Å². The average molecular weight is 507 g/mol. The Morgan fingerprint density at radius 3 is 2.27 bits per heavy atom. The van der Waals surface area contributed by atoms with Crippen molar-refractivity contribution in [3.05, 3.63) is 77.4 Å². The first kappa shape index (κ1) is 24.8. The fourth-order valence-electron chi connectivity index (χ4n) is 4.92. The van der Waals surface area contributed by atoms with Crippen molar-refractivity contribution in [3.8, 4) is 28.7 Å². The molecule has 1 saturated heterocycles. The highest BCUT2D eigenvalue weighted by atomic mass is 16.7. The summed E-state index contributed by atoms with van der Waals surface area (Å²) in [7, 11) is 4.71. The van der Waals surface area contributed by atoms with E-state index in [1.54, 1.807) is 21.3 Å². The lowest BCUT2D eigenvalue weighted by Crippen LogP contribution is -2.26. The van der Waals surface area contributed by atoms with E-state index in [0.29, 0.717) is 41.8 Å². The second-order valence-electron chi connectivity index (χ2n) is 8.97. The Balaban J connectivity index is 1.49. The number of ether oxygens (including phenoxy) is 7. The van der Waals surface area contributed by atoms with E-state index < -0.39 is 12.0 Å². The lowest BCUT2D eigenvalue weighted by Gasteiger charge is -2.28. The molecule has 1 unspecified atom stereocenters. The van der Waals surface area contributed by atoms with Crippen LogP contribution in [0.2, 0.25) is 0 Å². The molecule has 1 fully saturated rings. The third-order valence-electron chi connectivity index (χ3n) is 6.81. The van der Waals surface area contributed by atoms with Crippen molar-refractivity contribution < 1.29 is 38.0 Å². The van der Waals surface area contributed by atoms with Gasteiger partial charge < -0.3 is 33.2 Å². The van der Waals surface area contributed by atoms with E-state index in [1.165, 1.54) is 0 Å². The molecule has 2 heterocycles. The van der Waals surface area contributed by atoms with Gasteiger partial charge in [-0.15, -0.1) is 0 Å². The van der Waals surface area contributed by atoms with Crippen molar-refractivity contribution in [1.29, 1.82) is 0 Å². The Bertz CT molecular complexity index is 1220. The summed E-state index contributed by atoms with van der Waals surface area (Å²) in [4.78, 5) is 13.0. The smallest absolute Gasteiger partial charge is 0.309 e. The molecule has 2 aliphatic heterocycles. The van der Waals surface area contributed by atoms with Crippen LogP contribution in [0.5, 0.6) is 28.7 Å². The predicted octanol–water partition coefficient (Wildman–Crippen LogP) is 4.73. The molecule has 0 amide bonds. The third-order valence-corrected chi connectivity index (χ3v) is 6.81. The molecular formula is C29H30O8. The maximum absolute atomic E-state index is 13.0. The van der Waals surface area contributed by atoms with Gasteiger partial charge in [0.25, 0.3) is 0 Å². The van der Waals surface area contributed by atoms with Crippen LogP contribution >= 0.6 is 0 Å². The van der Waals surface area contributed by atoms with Crippen LogP contribution in [0.4, 0.5) is 0 Å². The number of carbonyl (C=O) groups excluding carboxylic acids is 1. The molecule has 0 radical (unpaired) electrons. The average Bonchev–Trinajstić information content (AvgIpc) is 3.55. The lowest BCUT2D eigenvalue weighted by molar-refractivity contribution is -0.141. The van der Waals surface area contributed by atoms with E-state index in [0.717, 1.165) is 16.7 Å². The van der Waals surface area contributed by atoms with Gasteiger partial charge in [-0.05, 0) is 47.4 Å². The number of rotatable bonds is 10. The van der Waals surface area contributed by atoms with Crippen LogP contribution in [-0.4, -0.2) is 40.7 Å². The Hall–Kier alpha value is -3.91. The first-order valence-corrected chi connectivity index (χ1v) is 12.1. The van der Waals surface area contributed by atoms with Crippen molar-refractivity contribution in [2.75, 3.05) is 34.7 Å². The minimum atomic E-state index is -0.473. The van der Waals surface area contributed by atoms with E-state index in [1.807, 2.05) is 60.7 Å². The largest absolute Gasteiger partial charge is 0.493 e. The van der Waals surface area contributed by atoms with Gasteiger partial charge in [0.05, 0.1) is 46.6 Å². The molecular weight excluding hydrogens is 476 g/mol. The number of fused-ring (bicyclic) bond motifs is 1. The molecule has 0 N–H and O–H groups in total. The van der Waals surface area contributed by atoms with Gasteiger partial charge in [-0.3, -0.25) is 4.79 Å². The van der Waals surface area contributed by atoms with E-state index in [9.17, 15) is 4.79 Å². The van der Waals surface area contributed by atoms with Crippen molar-refractivity contribution >= 4 is 5.97 Å². The second kappa shape index (κ2) is 11.0. The van der Waals surface area contributed by atoms with Crippen LogP contribution in [0, 0.1) is 11.8 Å². The van der Waals surface area contributed by atoms with Crippen LogP contribution < -0.4 is 23.7 Å². The molecule has 2 aliphatic rings. The third kappa shape index (κ3) is 5.15. The summed E-state index contributed by atoms with van der Waals surface area (Å²) in [6, 6.07) is 19.4. The van der Waals surface area contributed by atoms with Gasteiger partial charge in [-0.25, -0.2) is 0 Å². The van der Waals surface area contributed by atoms with Gasteiger partial charge in [0.1, 0.15) is 0 Å². The summed E-state index contributed by atoms with van der Waals surface area (Å²) in [6.45, 7) is 0.803. The van der Waals surface area contributed by atoms with E-state index in [4.69, 9.17) is 33.2 Å². The minimum Gasteiger partial charge on any atom is -0.493 e. The van der Waals surface area contributed by atoms with Crippen molar-refractivity contribution in [3.63, 3.8) is 0 Å². The van der Waals surface area contributed by atoms with E-state index in [-0.39, 0.29) is 25.3 Å². The molecule has 0 aromatic heterocycles. The van der Waals surface area contributed by atoms with Crippen LogP contribution in [0.3, 0.4) is 0 Å². The van der Waals surface area contributed by atoms with E-state index in [2.05, 4.69) is 0 Å².